The third-order valence-corrected chi connectivity index (χ3v) is 3.69. The van der Waals surface area contributed by atoms with Crippen molar-refractivity contribution in [3.8, 4) is 5.75 Å². The molecule has 0 unspecified atom stereocenters. The molecule has 19 heavy (non-hydrogen) atoms. The van der Waals surface area contributed by atoms with Crippen LogP contribution in [0.3, 0.4) is 0 Å². The normalized spacial score (nSPS) is 10.4. The van der Waals surface area contributed by atoms with Gasteiger partial charge in [0.25, 0.3) is 0 Å². The quantitative estimate of drug-likeness (QED) is 0.686. The fourth-order valence-corrected chi connectivity index (χ4v) is 2.49. The van der Waals surface area contributed by atoms with E-state index in [0.29, 0.717) is 22.8 Å². The van der Waals surface area contributed by atoms with Gasteiger partial charge in [-0.2, -0.15) is 0 Å². The summed E-state index contributed by atoms with van der Waals surface area (Å²) in [6.07, 6.45) is 0. The predicted octanol–water partition coefficient (Wildman–Crippen LogP) is 3.37. The van der Waals surface area contributed by atoms with Gasteiger partial charge in [0.2, 0.25) is 0 Å². The topological polar surface area (TPSA) is 59.7 Å². The van der Waals surface area contributed by atoms with Crippen molar-refractivity contribution in [1.29, 1.82) is 0 Å². The molecule has 0 saturated carbocycles. The molecule has 0 aliphatic rings. The van der Waals surface area contributed by atoms with Crippen molar-refractivity contribution in [2.75, 3.05) is 7.11 Å². The van der Waals surface area contributed by atoms with Crippen LogP contribution < -0.4 is 0 Å². The zero-order chi connectivity index (χ0) is 13.8. The number of ether oxygens (including phenoxy) is 1. The smallest absolute Gasteiger partial charge is 0.341 e. The summed E-state index contributed by atoms with van der Waals surface area (Å²) in [5.41, 5.74) is 0.440. The minimum absolute atomic E-state index is 0.240. The summed E-state index contributed by atoms with van der Waals surface area (Å²) in [5.74, 6) is 1.59. The van der Waals surface area contributed by atoms with Crippen LogP contribution in [0.4, 0.5) is 0 Å². The number of para-hydroxylation sites is 1. The molecule has 1 N–H and O–H groups in total. The zero-order valence-electron chi connectivity index (χ0n) is 10.7. The second-order valence-corrected chi connectivity index (χ2v) is 4.95. The van der Waals surface area contributed by atoms with E-state index in [0.717, 1.165) is 4.90 Å². The fraction of sp³-hybridized carbons (Fsp3) is 0.214. The van der Waals surface area contributed by atoms with E-state index in [1.807, 2.05) is 12.1 Å². The number of carbonyl (C=O) groups excluding carboxylic acids is 1. The van der Waals surface area contributed by atoms with Gasteiger partial charge in [0.1, 0.15) is 22.8 Å². The maximum absolute atomic E-state index is 11.4. The summed E-state index contributed by atoms with van der Waals surface area (Å²) in [5, 5.41) is 9.65. The van der Waals surface area contributed by atoms with E-state index in [4.69, 9.17) is 4.42 Å². The number of phenolic OH excluding ortho intramolecular Hbond substituents is 1. The Morgan fingerprint density at radius 1 is 1.42 bits per heavy atom. The summed E-state index contributed by atoms with van der Waals surface area (Å²) in [6.45, 7) is 1.72. The number of methoxy groups -OCH3 is 1. The Morgan fingerprint density at radius 3 is 2.84 bits per heavy atom. The van der Waals surface area contributed by atoms with Crippen molar-refractivity contribution >= 4 is 17.7 Å². The Morgan fingerprint density at radius 2 is 2.16 bits per heavy atom. The van der Waals surface area contributed by atoms with Gasteiger partial charge in [0.05, 0.1) is 12.9 Å². The highest BCUT2D eigenvalue weighted by Crippen LogP contribution is 2.31. The van der Waals surface area contributed by atoms with Crippen LogP contribution in [0.25, 0.3) is 0 Å². The Balaban J connectivity index is 2.09. The molecule has 4 nitrogen and oxygen atoms in total. The lowest BCUT2D eigenvalue weighted by atomic mass is 10.2. The third-order valence-electron chi connectivity index (χ3n) is 2.61. The van der Waals surface area contributed by atoms with Crippen molar-refractivity contribution in [2.45, 2.75) is 17.6 Å². The molecule has 2 aromatic rings. The molecule has 0 amide bonds. The zero-order valence-corrected chi connectivity index (χ0v) is 11.5. The van der Waals surface area contributed by atoms with Gasteiger partial charge in [-0.05, 0) is 25.1 Å². The molecule has 2 rings (SSSR count). The van der Waals surface area contributed by atoms with E-state index in [1.54, 1.807) is 25.1 Å². The molecule has 0 radical (unpaired) electrons. The van der Waals surface area contributed by atoms with Crippen LogP contribution in [0.2, 0.25) is 0 Å². The van der Waals surface area contributed by atoms with Crippen LogP contribution in [0, 0.1) is 6.92 Å². The van der Waals surface area contributed by atoms with E-state index in [-0.39, 0.29) is 5.75 Å². The largest absolute Gasteiger partial charge is 0.507 e. The van der Waals surface area contributed by atoms with E-state index in [1.165, 1.54) is 18.9 Å². The van der Waals surface area contributed by atoms with Gasteiger partial charge in [-0.15, -0.1) is 11.8 Å². The number of thioether (sulfide) groups is 1. The molecule has 100 valence electrons. The van der Waals surface area contributed by atoms with Gasteiger partial charge in [0.15, 0.2) is 0 Å². The molecule has 5 heteroatoms. The number of carbonyl (C=O) groups is 1. The molecular formula is C14H14O4S. The first-order valence-corrected chi connectivity index (χ1v) is 6.69. The molecule has 1 aromatic heterocycles. The lowest BCUT2D eigenvalue weighted by Gasteiger charge is -2.01. The Labute approximate surface area is 115 Å². The monoisotopic (exact) mass is 278 g/mol. The molecule has 1 heterocycles. The van der Waals surface area contributed by atoms with E-state index in [2.05, 4.69) is 4.74 Å². The average molecular weight is 278 g/mol. The van der Waals surface area contributed by atoms with Crippen molar-refractivity contribution in [1.82, 2.24) is 0 Å². The van der Waals surface area contributed by atoms with Crippen LogP contribution in [-0.2, 0) is 10.5 Å². The molecule has 0 aliphatic carbocycles. The lowest BCUT2D eigenvalue weighted by Crippen LogP contribution is -2.00. The molecule has 0 saturated heterocycles. The van der Waals surface area contributed by atoms with E-state index >= 15 is 0 Å². The Hall–Kier alpha value is -1.88. The van der Waals surface area contributed by atoms with Crippen molar-refractivity contribution in [3.63, 3.8) is 0 Å². The third kappa shape index (κ3) is 3.12. The molecule has 0 atom stereocenters. The first-order chi connectivity index (χ1) is 9.11. The number of aryl methyl sites for hydroxylation is 1. The van der Waals surface area contributed by atoms with Crippen LogP contribution in [-0.4, -0.2) is 18.2 Å². The Kier molecular flexibility index (Phi) is 4.16. The van der Waals surface area contributed by atoms with Crippen molar-refractivity contribution in [3.05, 3.63) is 47.4 Å². The average Bonchev–Trinajstić information content (AvgIpc) is 2.78. The van der Waals surface area contributed by atoms with E-state index < -0.39 is 5.97 Å². The number of benzene rings is 1. The minimum atomic E-state index is -0.403. The SMILES string of the molecule is COC(=O)c1cc(CSc2ccccc2O)oc1C. The van der Waals surface area contributed by atoms with Gasteiger partial charge in [-0.3, -0.25) is 0 Å². The van der Waals surface area contributed by atoms with Gasteiger partial charge >= 0.3 is 5.97 Å². The molecular weight excluding hydrogens is 264 g/mol. The second-order valence-electron chi connectivity index (χ2n) is 3.93. The van der Waals surface area contributed by atoms with E-state index in [9.17, 15) is 9.90 Å². The van der Waals surface area contributed by atoms with Gasteiger partial charge in [0, 0.05) is 4.90 Å². The molecule has 1 aromatic carbocycles. The minimum Gasteiger partial charge on any atom is -0.507 e. The number of phenols is 1. The lowest BCUT2D eigenvalue weighted by molar-refractivity contribution is 0.0599. The van der Waals surface area contributed by atoms with Crippen LogP contribution in [0.1, 0.15) is 21.9 Å². The number of hydrogen-bond acceptors (Lipinski definition) is 5. The fourth-order valence-electron chi connectivity index (χ4n) is 1.66. The standard InChI is InChI=1S/C14H14O4S/c1-9-11(14(16)17-2)7-10(18-9)8-19-13-6-4-3-5-12(13)15/h3-7,15H,8H2,1-2H3. The Bertz CT molecular complexity index is 589. The summed E-state index contributed by atoms with van der Waals surface area (Å²) in [6, 6.07) is 8.77. The summed E-state index contributed by atoms with van der Waals surface area (Å²) < 4.78 is 10.2. The molecule has 0 spiro atoms. The molecule has 0 bridgehead atoms. The summed E-state index contributed by atoms with van der Waals surface area (Å²) in [7, 11) is 1.34. The van der Waals surface area contributed by atoms with Crippen molar-refractivity contribution in [2.24, 2.45) is 0 Å². The van der Waals surface area contributed by atoms with Crippen LogP contribution in [0.15, 0.2) is 39.6 Å². The first kappa shape index (κ1) is 13.5. The highest BCUT2D eigenvalue weighted by Gasteiger charge is 2.15. The van der Waals surface area contributed by atoms with Gasteiger partial charge in [-0.25, -0.2) is 4.79 Å². The summed E-state index contributed by atoms with van der Waals surface area (Å²) >= 11 is 1.45. The second kappa shape index (κ2) is 5.84. The highest BCUT2D eigenvalue weighted by molar-refractivity contribution is 7.98. The number of esters is 1. The van der Waals surface area contributed by atoms with Crippen molar-refractivity contribution < 1.29 is 19.1 Å². The van der Waals surface area contributed by atoms with Crippen LogP contribution in [0.5, 0.6) is 5.75 Å². The van der Waals surface area contributed by atoms with Gasteiger partial charge in [-0.1, -0.05) is 12.1 Å². The summed E-state index contributed by atoms with van der Waals surface area (Å²) in [4.78, 5) is 12.2. The maximum Gasteiger partial charge on any atom is 0.341 e. The number of aromatic hydroxyl groups is 1. The first-order valence-electron chi connectivity index (χ1n) is 5.70. The number of furan rings is 1. The number of hydrogen-bond donors (Lipinski definition) is 1. The van der Waals surface area contributed by atoms with Crippen LogP contribution >= 0.6 is 11.8 Å². The molecule has 0 fully saturated rings. The maximum atomic E-state index is 11.4. The highest BCUT2D eigenvalue weighted by atomic mass is 32.2. The molecule has 0 aliphatic heterocycles. The van der Waals surface area contributed by atoms with Gasteiger partial charge < -0.3 is 14.3 Å². The predicted molar refractivity (Wildman–Crippen MR) is 72.5 cm³/mol. The number of rotatable bonds is 4.